The first-order valence-corrected chi connectivity index (χ1v) is 8.61. The van der Waals surface area contributed by atoms with E-state index in [0.717, 1.165) is 25.7 Å². The SMILES string of the molecule is CCCC/C=C\CCCCCCCC(=O)OCCCC. The molecule has 0 saturated carbocycles. The Kier molecular flexibility index (Phi) is 15.6. The van der Waals surface area contributed by atoms with Gasteiger partial charge in [0.15, 0.2) is 0 Å². The molecule has 0 amide bonds. The molecular weight excluding hydrogens is 248 g/mol. The Hall–Kier alpha value is -0.790. The summed E-state index contributed by atoms with van der Waals surface area (Å²) in [5.74, 6) is -0.0164. The Morgan fingerprint density at radius 2 is 1.40 bits per heavy atom. The molecule has 0 fully saturated rings. The molecule has 0 rings (SSSR count). The van der Waals surface area contributed by atoms with Gasteiger partial charge in [-0.3, -0.25) is 4.79 Å². The zero-order valence-corrected chi connectivity index (χ0v) is 13.7. The Labute approximate surface area is 126 Å². The van der Waals surface area contributed by atoms with Crippen molar-refractivity contribution < 1.29 is 9.53 Å². The third-order valence-electron chi connectivity index (χ3n) is 3.40. The zero-order chi connectivity index (χ0) is 14.9. The summed E-state index contributed by atoms with van der Waals surface area (Å²) < 4.78 is 5.13. The van der Waals surface area contributed by atoms with Crippen LogP contribution in [-0.2, 0) is 9.53 Å². The summed E-state index contributed by atoms with van der Waals surface area (Å²) in [5.41, 5.74) is 0. The van der Waals surface area contributed by atoms with Gasteiger partial charge in [0.2, 0.25) is 0 Å². The zero-order valence-electron chi connectivity index (χ0n) is 13.7. The predicted octanol–water partition coefficient (Wildman–Crippen LogP) is 5.81. The number of hydrogen-bond acceptors (Lipinski definition) is 2. The molecule has 0 heterocycles. The van der Waals surface area contributed by atoms with Gasteiger partial charge in [-0.05, 0) is 32.1 Å². The van der Waals surface area contributed by atoms with Crippen LogP contribution in [-0.4, -0.2) is 12.6 Å². The van der Waals surface area contributed by atoms with Crippen LogP contribution in [0.4, 0.5) is 0 Å². The van der Waals surface area contributed by atoms with Gasteiger partial charge >= 0.3 is 5.97 Å². The molecular formula is C18H34O2. The molecule has 0 aliphatic carbocycles. The van der Waals surface area contributed by atoms with Crippen LogP contribution in [0.15, 0.2) is 12.2 Å². The maximum absolute atomic E-state index is 11.3. The topological polar surface area (TPSA) is 26.3 Å². The fourth-order valence-electron chi connectivity index (χ4n) is 2.02. The van der Waals surface area contributed by atoms with Crippen LogP contribution in [0, 0.1) is 0 Å². The van der Waals surface area contributed by atoms with Crippen LogP contribution in [0.1, 0.15) is 90.9 Å². The Morgan fingerprint density at radius 3 is 2.10 bits per heavy atom. The molecule has 0 bridgehead atoms. The van der Waals surface area contributed by atoms with E-state index in [9.17, 15) is 4.79 Å². The minimum Gasteiger partial charge on any atom is -0.466 e. The second kappa shape index (κ2) is 16.3. The molecule has 0 N–H and O–H groups in total. The summed E-state index contributed by atoms with van der Waals surface area (Å²) in [5, 5.41) is 0. The van der Waals surface area contributed by atoms with Crippen molar-refractivity contribution in [3.63, 3.8) is 0 Å². The first-order chi connectivity index (χ1) is 9.81. The van der Waals surface area contributed by atoms with Gasteiger partial charge < -0.3 is 4.74 Å². The van der Waals surface area contributed by atoms with Crippen molar-refractivity contribution in [2.45, 2.75) is 90.9 Å². The van der Waals surface area contributed by atoms with Crippen LogP contribution < -0.4 is 0 Å². The maximum Gasteiger partial charge on any atom is 0.305 e. The molecule has 0 aromatic heterocycles. The van der Waals surface area contributed by atoms with E-state index >= 15 is 0 Å². The largest absolute Gasteiger partial charge is 0.466 e. The molecule has 0 atom stereocenters. The predicted molar refractivity (Wildman–Crippen MR) is 86.9 cm³/mol. The summed E-state index contributed by atoms with van der Waals surface area (Å²) in [6.45, 7) is 4.93. The number of carbonyl (C=O) groups excluding carboxylic acids is 1. The minimum atomic E-state index is -0.0164. The normalized spacial score (nSPS) is 11.1. The average Bonchev–Trinajstić information content (AvgIpc) is 2.45. The van der Waals surface area contributed by atoms with Gasteiger partial charge in [-0.15, -0.1) is 0 Å². The van der Waals surface area contributed by atoms with Crippen LogP contribution >= 0.6 is 0 Å². The number of allylic oxidation sites excluding steroid dienone is 2. The van der Waals surface area contributed by atoms with Gasteiger partial charge in [-0.1, -0.05) is 64.5 Å². The van der Waals surface area contributed by atoms with Crippen LogP contribution in [0.3, 0.4) is 0 Å². The van der Waals surface area contributed by atoms with E-state index in [2.05, 4.69) is 26.0 Å². The van der Waals surface area contributed by atoms with E-state index in [1.807, 2.05) is 0 Å². The van der Waals surface area contributed by atoms with Gasteiger partial charge in [0.25, 0.3) is 0 Å². The number of ether oxygens (including phenoxy) is 1. The quantitative estimate of drug-likeness (QED) is 0.228. The van der Waals surface area contributed by atoms with E-state index < -0.39 is 0 Å². The third-order valence-corrected chi connectivity index (χ3v) is 3.40. The van der Waals surface area contributed by atoms with Crippen LogP contribution in [0.2, 0.25) is 0 Å². The molecule has 0 aromatic rings. The van der Waals surface area contributed by atoms with Crippen molar-refractivity contribution in [2.75, 3.05) is 6.61 Å². The van der Waals surface area contributed by atoms with Crippen LogP contribution in [0.25, 0.3) is 0 Å². The highest BCUT2D eigenvalue weighted by molar-refractivity contribution is 5.69. The average molecular weight is 282 g/mol. The van der Waals surface area contributed by atoms with Crippen molar-refractivity contribution in [1.29, 1.82) is 0 Å². The molecule has 0 radical (unpaired) electrons. The molecule has 0 saturated heterocycles. The summed E-state index contributed by atoms with van der Waals surface area (Å²) in [4.78, 5) is 11.3. The Balaban J connectivity index is 3.16. The fraction of sp³-hybridized carbons (Fsp3) is 0.833. The van der Waals surface area contributed by atoms with Gasteiger partial charge in [0.05, 0.1) is 6.61 Å². The molecule has 0 aliphatic heterocycles. The molecule has 2 heteroatoms. The van der Waals surface area contributed by atoms with E-state index in [1.165, 1.54) is 44.9 Å². The first-order valence-electron chi connectivity index (χ1n) is 8.61. The van der Waals surface area contributed by atoms with E-state index in [1.54, 1.807) is 0 Å². The summed E-state index contributed by atoms with van der Waals surface area (Å²) in [6.07, 6.45) is 18.3. The molecule has 118 valence electrons. The lowest BCUT2D eigenvalue weighted by atomic mass is 10.1. The lowest BCUT2D eigenvalue weighted by Crippen LogP contribution is -2.05. The van der Waals surface area contributed by atoms with Crippen molar-refractivity contribution in [3.8, 4) is 0 Å². The van der Waals surface area contributed by atoms with E-state index in [0.29, 0.717) is 13.0 Å². The lowest BCUT2D eigenvalue weighted by Gasteiger charge is -2.03. The highest BCUT2D eigenvalue weighted by Crippen LogP contribution is 2.09. The first kappa shape index (κ1) is 19.2. The highest BCUT2D eigenvalue weighted by Gasteiger charge is 2.01. The number of esters is 1. The standard InChI is InChI=1S/C18H34O2/c1-3-5-7-8-9-10-11-12-13-14-15-16-18(19)20-17-6-4-2/h8-9H,3-7,10-17H2,1-2H3/b9-8-. The fourth-order valence-corrected chi connectivity index (χ4v) is 2.02. The highest BCUT2D eigenvalue weighted by atomic mass is 16.5. The number of carbonyl (C=O) groups is 1. The monoisotopic (exact) mass is 282 g/mol. The number of hydrogen-bond donors (Lipinski definition) is 0. The molecule has 2 nitrogen and oxygen atoms in total. The third kappa shape index (κ3) is 15.3. The Bertz CT molecular complexity index is 234. The second-order valence-corrected chi connectivity index (χ2v) is 5.49. The van der Waals surface area contributed by atoms with Crippen molar-refractivity contribution in [2.24, 2.45) is 0 Å². The Morgan fingerprint density at radius 1 is 0.800 bits per heavy atom. The lowest BCUT2D eigenvalue weighted by molar-refractivity contribution is -0.143. The van der Waals surface area contributed by atoms with Gasteiger partial charge in [0, 0.05) is 6.42 Å². The number of unbranched alkanes of at least 4 members (excludes halogenated alkanes) is 8. The molecule has 0 aliphatic rings. The van der Waals surface area contributed by atoms with E-state index in [4.69, 9.17) is 4.74 Å². The molecule has 0 unspecified atom stereocenters. The van der Waals surface area contributed by atoms with Crippen molar-refractivity contribution in [3.05, 3.63) is 12.2 Å². The molecule has 0 spiro atoms. The maximum atomic E-state index is 11.3. The van der Waals surface area contributed by atoms with Crippen molar-refractivity contribution >= 4 is 5.97 Å². The molecule has 0 aromatic carbocycles. The van der Waals surface area contributed by atoms with Crippen LogP contribution in [0.5, 0.6) is 0 Å². The van der Waals surface area contributed by atoms with Gasteiger partial charge in [-0.2, -0.15) is 0 Å². The minimum absolute atomic E-state index is 0.0164. The number of rotatable bonds is 14. The smallest absolute Gasteiger partial charge is 0.305 e. The summed E-state index contributed by atoms with van der Waals surface area (Å²) in [6, 6.07) is 0. The van der Waals surface area contributed by atoms with Gasteiger partial charge in [0.1, 0.15) is 0 Å². The van der Waals surface area contributed by atoms with E-state index in [-0.39, 0.29) is 5.97 Å². The van der Waals surface area contributed by atoms with Crippen molar-refractivity contribution in [1.82, 2.24) is 0 Å². The summed E-state index contributed by atoms with van der Waals surface area (Å²) in [7, 11) is 0. The van der Waals surface area contributed by atoms with Gasteiger partial charge in [-0.25, -0.2) is 0 Å². The summed E-state index contributed by atoms with van der Waals surface area (Å²) >= 11 is 0. The second-order valence-electron chi connectivity index (χ2n) is 5.49. The molecule has 20 heavy (non-hydrogen) atoms.